The quantitative estimate of drug-likeness (QED) is 0.152. The average molecular weight is 477 g/mol. The minimum absolute atomic E-state index is 0.333. The molecule has 0 aliphatic carbocycles. The van der Waals surface area contributed by atoms with Gasteiger partial charge in [-0.2, -0.15) is 0 Å². The van der Waals surface area contributed by atoms with Crippen LogP contribution < -0.4 is 18.9 Å². The molecule has 0 N–H and O–H groups in total. The van der Waals surface area contributed by atoms with E-state index in [1.54, 1.807) is 72.8 Å². The van der Waals surface area contributed by atoms with E-state index in [-0.39, 0.29) is 0 Å². The van der Waals surface area contributed by atoms with Crippen molar-refractivity contribution >= 4 is 11.9 Å². The molecule has 0 fully saturated rings. The van der Waals surface area contributed by atoms with Crippen LogP contribution in [0, 0.1) is 0 Å². The van der Waals surface area contributed by atoms with E-state index in [4.69, 9.17) is 18.9 Å². The highest BCUT2D eigenvalue weighted by Crippen LogP contribution is 2.21. The summed E-state index contributed by atoms with van der Waals surface area (Å²) >= 11 is 0. The summed E-state index contributed by atoms with van der Waals surface area (Å²) in [4.78, 5) is 24.8. The monoisotopic (exact) mass is 476 g/mol. The van der Waals surface area contributed by atoms with Crippen molar-refractivity contribution in [3.8, 4) is 23.0 Å². The van der Waals surface area contributed by atoms with E-state index in [0.29, 0.717) is 41.6 Å². The maximum atomic E-state index is 12.5. The number of hydrogen-bond acceptors (Lipinski definition) is 6. The fourth-order valence-electron chi connectivity index (χ4n) is 3.34. The van der Waals surface area contributed by atoms with Gasteiger partial charge in [0.15, 0.2) is 0 Å². The summed E-state index contributed by atoms with van der Waals surface area (Å²) in [6.45, 7) is 5.33. The third kappa shape index (κ3) is 8.49. The maximum Gasteiger partial charge on any atom is 0.343 e. The molecule has 0 saturated heterocycles. The van der Waals surface area contributed by atoms with E-state index in [9.17, 15) is 9.59 Å². The molecule has 3 rings (SSSR count). The van der Waals surface area contributed by atoms with E-state index in [2.05, 4.69) is 6.92 Å². The van der Waals surface area contributed by atoms with Crippen LogP contribution >= 0.6 is 0 Å². The third-order valence-electron chi connectivity index (χ3n) is 5.25. The van der Waals surface area contributed by atoms with Crippen LogP contribution in [0.15, 0.2) is 72.8 Å². The van der Waals surface area contributed by atoms with E-state index < -0.39 is 11.9 Å². The predicted octanol–water partition coefficient (Wildman–Crippen LogP) is 6.87. The Bertz CT molecular complexity index is 1060. The third-order valence-corrected chi connectivity index (χ3v) is 5.25. The van der Waals surface area contributed by atoms with Gasteiger partial charge in [-0.15, -0.1) is 0 Å². The smallest absolute Gasteiger partial charge is 0.343 e. The lowest BCUT2D eigenvalue weighted by molar-refractivity contribution is 0.0730. The number of unbranched alkanes of at least 4 members (excludes halogenated alkanes) is 4. The van der Waals surface area contributed by atoms with Gasteiger partial charge in [-0.1, -0.05) is 32.6 Å². The number of ether oxygens (including phenoxy) is 4. The molecule has 0 bridgehead atoms. The fraction of sp³-hybridized carbons (Fsp3) is 0.310. The lowest BCUT2D eigenvalue weighted by Crippen LogP contribution is -2.10. The highest BCUT2D eigenvalue weighted by atomic mass is 16.5. The lowest BCUT2D eigenvalue weighted by atomic mass is 10.2. The SMILES string of the molecule is CCCCCCCOc1ccc(C(=O)Oc2ccc(C(=O)Oc3ccc(OCC)cc3)cc2)cc1. The van der Waals surface area contributed by atoms with E-state index >= 15 is 0 Å². The zero-order chi connectivity index (χ0) is 24.9. The Kier molecular flexibility index (Phi) is 10.2. The zero-order valence-electron chi connectivity index (χ0n) is 20.3. The van der Waals surface area contributed by atoms with Gasteiger partial charge in [-0.05, 0) is 86.1 Å². The Morgan fingerprint density at radius 3 is 1.49 bits per heavy atom. The Balaban J connectivity index is 1.47. The van der Waals surface area contributed by atoms with E-state index in [1.165, 1.54) is 19.3 Å². The average Bonchev–Trinajstić information content (AvgIpc) is 2.88. The molecule has 0 aliphatic heterocycles. The minimum Gasteiger partial charge on any atom is -0.494 e. The van der Waals surface area contributed by atoms with Crippen LogP contribution in [0.5, 0.6) is 23.0 Å². The van der Waals surface area contributed by atoms with Gasteiger partial charge in [0.25, 0.3) is 0 Å². The molecule has 6 nitrogen and oxygen atoms in total. The van der Waals surface area contributed by atoms with Crippen LogP contribution in [0.25, 0.3) is 0 Å². The molecule has 0 radical (unpaired) electrons. The molecule has 0 heterocycles. The topological polar surface area (TPSA) is 71.1 Å². The van der Waals surface area contributed by atoms with Crippen LogP contribution in [-0.2, 0) is 0 Å². The molecule has 184 valence electrons. The van der Waals surface area contributed by atoms with Crippen LogP contribution in [0.1, 0.15) is 66.7 Å². The second kappa shape index (κ2) is 13.8. The number of rotatable bonds is 13. The standard InChI is InChI=1S/C29H32O6/c1-3-5-6-7-8-21-33-25-13-9-22(10-14-25)28(30)34-26-15-11-23(12-16-26)29(31)35-27-19-17-24(18-20-27)32-4-2/h9-20H,3-8,21H2,1-2H3. The maximum absolute atomic E-state index is 12.5. The van der Waals surface area contributed by atoms with Crippen molar-refractivity contribution in [2.24, 2.45) is 0 Å². The van der Waals surface area contributed by atoms with Crippen molar-refractivity contribution < 1.29 is 28.5 Å². The van der Waals surface area contributed by atoms with Crippen molar-refractivity contribution in [3.05, 3.63) is 83.9 Å². The first-order valence-corrected chi connectivity index (χ1v) is 12.1. The van der Waals surface area contributed by atoms with Gasteiger partial charge in [0.1, 0.15) is 23.0 Å². The molecule has 0 amide bonds. The van der Waals surface area contributed by atoms with Crippen molar-refractivity contribution in [1.29, 1.82) is 0 Å². The molecule has 0 saturated carbocycles. The minimum atomic E-state index is -0.506. The summed E-state index contributed by atoms with van der Waals surface area (Å²) in [5, 5.41) is 0. The highest BCUT2D eigenvalue weighted by molar-refractivity contribution is 5.92. The summed E-state index contributed by atoms with van der Waals surface area (Å²) in [6, 6.07) is 19.9. The normalized spacial score (nSPS) is 10.5. The molecule has 0 atom stereocenters. The van der Waals surface area contributed by atoms with Crippen molar-refractivity contribution in [1.82, 2.24) is 0 Å². The molecule has 0 spiro atoms. The molecule has 3 aromatic rings. The summed E-state index contributed by atoms with van der Waals surface area (Å²) in [5.74, 6) is 1.19. The van der Waals surface area contributed by atoms with Gasteiger partial charge in [0.2, 0.25) is 0 Å². The molecule has 0 aliphatic rings. The Morgan fingerprint density at radius 2 is 0.971 bits per heavy atom. The molecule has 35 heavy (non-hydrogen) atoms. The Hall–Kier alpha value is -3.80. The molecule has 3 aromatic carbocycles. The van der Waals surface area contributed by atoms with Crippen LogP contribution in [0.3, 0.4) is 0 Å². The summed E-state index contributed by atoms with van der Waals surface area (Å²) < 4.78 is 21.9. The summed E-state index contributed by atoms with van der Waals surface area (Å²) in [7, 11) is 0. The largest absolute Gasteiger partial charge is 0.494 e. The molecule has 0 aromatic heterocycles. The van der Waals surface area contributed by atoms with Gasteiger partial charge in [-0.25, -0.2) is 9.59 Å². The van der Waals surface area contributed by atoms with Crippen molar-refractivity contribution in [2.45, 2.75) is 46.0 Å². The zero-order valence-corrected chi connectivity index (χ0v) is 20.3. The first-order chi connectivity index (χ1) is 17.1. The second-order valence-corrected chi connectivity index (χ2v) is 7.99. The first-order valence-electron chi connectivity index (χ1n) is 12.1. The number of carbonyl (C=O) groups is 2. The lowest BCUT2D eigenvalue weighted by Gasteiger charge is -2.08. The van der Waals surface area contributed by atoms with E-state index in [0.717, 1.165) is 18.6 Å². The van der Waals surface area contributed by atoms with Gasteiger partial charge in [0.05, 0.1) is 24.3 Å². The summed E-state index contributed by atoms with van der Waals surface area (Å²) in [6.07, 6.45) is 5.90. The van der Waals surface area contributed by atoms with Gasteiger partial charge in [0, 0.05) is 0 Å². The van der Waals surface area contributed by atoms with Gasteiger partial charge < -0.3 is 18.9 Å². The molecule has 6 heteroatoms. The number of esters is 2. The number of carbonyl (C=O) groups excluding carboxylic acids is 2. The van der Waals surface area contributed by atoms with Crippen LogP contribution in [0.4, 0.5) is 0 Å². The molecular formula is C29H32O6. The Morgan fingerprint density at radius 1 is 0.543 bits per heavy atom. The molecule has 0 unspecified atom stereocenters. The van der Waals surface area contributed by atoms with Gasteiger partial charge >= 0.3 is 11.9 Å². The van der Waals surface area contributed by atoms with Crippen molar-refractivity contribution in [3.63, 3.8) is 0 Å². The summed E-state index contributed by atoms with van der Waals surface area (Å²) in [5.41, 5.74) is 0.758. The van der Waals surface area contributed by atoms with Crippen LogP contribution in [0.2, 0.25) is 0 Å². The Labute approximate surface area is 206 Å². The molecular weight excluding hydrogens is 444 g/mol. The van der Waals surface area contributed by atoms with Gasteiger partial charge in [-0.3, -0.25) is 0 Å². The first kappa shape index (κ1) is 25.8. The van der Waals surface area contributed by atoms with Crippen molar-refractivity contribution in [2.75, 3.05) is 13.2 Å². The highest BCUT2D eigenvalue weighted by Gasteiger charge is 2.12. The number of benzene rings is 3. The number of hydrogen-bond donors (Lipinski definition) is 0. The van der Waals surface area contributed by atoms with E-state index in [1.807, 2.05) is 6.92 Å². The second-order valence-electron chi connectivity index (χ2n) is 7.99. The van der Waals surface area contributed by atoms with Crippen LogP contribution in [-0.4, -0.2) is 25.2 Å². The predicted molar refractivity (Wildman–Crippen MR) is 135 cm³/mol. The fourth-order valence-corrected chi connectivity index (χ4v) is 3.34.